The SMILES string of the molecule is CN(C)c1cccnc1CC(=O)Cc1ccc([C@H]2CCC[C@H](c3ccc(CC(=O)Cc4ncccc4N(C)C)nn3)C2)nn1. The zero-order valence-electron chi connectivity index (χ0n) is 26.0. The summed E-state index contributed by atoms with van der Waals surface area (Å²) in [5.74, 6) is 0.666. The molecule has 0 unspecified atom stereocenters. The molecule has 4 aromatic rings. The minimum absolute atomic E-state index is 0.0605. The molecule has 1 saturated carbocycles. The van der Waals surface area contributed by atoms with E-state index in [4.69, 9.17) is 0 Å². The monoisotopic (exact) mass is 592 g/mol. The van der Waals surface area contributed by atoms with Crippen molar-refractivity contribution in [2.45, 2.75) is 63.2 Å². The lowest BCUT2D eigenvalue weighted by molar-refractivity contribution is -0.118. The van der Waals surface area contributed by atoms with Crippen LogP contribution in [0.4, 0.5) is 11.4 Å². The third-order valence-electron chi connectivity index (χ3n) is 8.17. The van der Waals surface area contributed by atoms with Crippen LogP contribution >= 0.6 is 0 Å². The maximum Gasteiger partial charge on any atom is 0.144 e. The van der Waals surface area contributed by atoms with Gasteiger partial charge in [0.25, 0.3) is 0 Å². The summed E-state index contributed by atoms with van der Waals surface area (Å²) in [5.41, 5.74) is 6.68. The van der Waals surface area contributed by atoms with Crippen molar-refractivity contribution in [3.05, 3.63) is 95.1 Å². The third-order valence-corrected chi connectivity index (χ3v) is 8.17. The van der Waals surface area contributed by atoms with Gasteiger partial charge in [0, 0.05) is 52.4 Å². The Kier molecular flexibility index (Phi) is 9.99. The summed E-state index contributed by atoms with van der Waals surface area (Å²) in [6.07, 6.45) is 8.48. The Morgan fingerprint density at radius 1 is 0.636 bits per heavy atom. The lowest BCUT2D eigenvalue weighted by Gasteiger charge is -2.28. The average molecular weight is 593 g/mol. The Labute approximate surface area is 259 Å². The van der Waals surface area contributed by atoms with Crippen LogP contribution in [0.1, 0.15) is 71.7 Å². The summed E-state index contributed by atoms with van der Waals surface area (Å²) < 4.78 is 0. The van der Waals surface area contributed by atoms with E-state index in [2.05, 4.69) is 30.4 Å². The summed E-state index contributed by atoms with van der Waals surface area (Å²) in [6, 6.07) is 15.6. The van der Waals surface area contributed by atoms with Crippen LogP contribution in [0.3, 0.4) is 0 Å². The quantitative estimate of drug-likeness (QED) is 0.235. The second-order valence-corrected chi connectivity index (χ2v) is 12.0. The number of hydrogen-bond acceptors (Lipinski definition) is 10. The number of carbonyl (C=O) groups excluding carboxylic acids is 2. The minimum atomic E-state index is 0.0605. The fraction of sp³-hybridized carbons (Fsp3) is 0.412. The van der Waals surface area contributed by atoms with E-state index in [1.165, 1.54) is 0 Å². The van der Waals surface area contributed by atoms with Gasteiger partial charge in [0.05, 0.1) is 71.2 Å². The summed E-state index contributed by atoms with van der Waals surface area (Å²) in [5, 5.41) is 17.9. The molecule has 1 aliphatic carbocycles. The molecule has 2 atom stereocenters. The van der Waals surface area contributed by atoms with Crippen molar-refractivity contribution in [1.82, 2.24) is 30.4 Å². The number of aromatic nitrogens is 6. The van der Waals surface area contributed by atoms with Crippen LogP contribution in [0.2, 0.25) is 0 Å². The molecule has 0 amide bonds. The predicted molar refractivity (Wildman–Crippen MR) is 170 cm³/mol. The van der Waals surface area contributed by atoms with Gasteiger partial charge in [-0.3, -0.25) is 19.6 Å². The van der Waals surface area contributed by atoms with Crippen molar-refractivity contribution in [3.8, 4) is 0 Å². The van der Waals surface area contributed by atoms with E-state index in [1.807, 2.05) is 86.5 Å². The van der Waals surface area contributed by atoms with Gasteiger partial charge < -0.3 is 9.80 Å². The maximum atomic E-state index is 12.8. The highest BCUT2D eigenvalue weighted by Gasteiger charge is 2.27. The van der Waals surface area contributed by atoms with Crippen molar-refractivity contribution < 1.29 is 9.59 Å². The van der Waals surface area contributed by atoms with E-state index in [-0.39, 0.29) is 49.1 Å². The Morgan fingerprint density at radius 2 is 1.09 bits per heavy atom. The number of rotatable bonds is 12. The van der Waals surface area contributed by atoms with Crippen molar-refractivity contribution in [1.29, 1.82) is 0 Å². The Balaban J connectivity index is 1.15. The smallest absolute Gasteiger partial charge is 0.144 e. The summed E-state index contributed by atoms with van der Waals surface area (Å²) >= 11 is 0. The first-order valence-electron chi connectivity index (χ1n) is 15.2. The van der Waals surface area contributed by atoms with Gasteiger partial charge in [0.1, 0.15) is 11.6 Å². The van der Waals surface area contributed by atoms with Gasteiger partial charge in [-0.2, -0.15) is 20.4 Å². The molecule has 4 aromatic heterocycles. The highest BCUT2D eigenvalue weighted by molar-refractivity contribution is 5.84. The highest BCUT2D eigenvalue weighted by atomic mass is 16.1. The molecule has 10 nitrogen and oxygen atoms in total. The Hall–Kier alpha value is -4.60. The van der Waals surface area contributed by atoms with E-state index in [0.717, 1.165) is 59.8 Å². The van der Waals surface area contributed by atoms with Crippen LogP contribution in [0.25, 0.3) is 0 Å². The fourth-order valence-electron chi connectivity index (χ4n) is 5.94. The number of ketones is 2. The first-order chi connectivity index (χ1) is 21.3. The lowest BCUT2D eigenvalue weighted by Crippen LogP contribution is -2.18. The van der Waals surface area contributed by atoms with Crippen molar-refractivity contribution in [3.63, 3.8) is 0 Å². The molecule has 1 aliphatic rings. The predicted octanol–water partition coefficient (Wildman–Crippen LogP) is 4.34. The van der Waals surface area contributed by atoms with Crippen LogP contribution in [0, 0.1) is 0 Å². The molecule has 0 spiro atoms. The van der Waals surface area contributed by atoms with Gasteiger partial charge in [-0.1, -0.05) is 6.42 Å². The Morgan fingerprint density at radius 3 is 1.48 bits per heavy atom. The average Bonchev–Trinajstić information content (AvgIpc) is 3.02. The second kappa shape index (κ2) is 14.2. The Bertz CT molecular complexity index is 1450. The molecule has 10 heteroatoms. The van der Waals surface area contributed by atoms with Crippen LogP contribution in [0.15, 0.2) is 60.9 Å². The molecular formula is C34H40N8O2. The fourth-order valence-corrected chi connectivity index (χ4v) is 5.94. The molecule has 4 heterocycles. The number of nitrogens with zero attached hydrogens (tertiary/aromatic N) is 8. The van der Waals surface area contributed by atoms with Gasteiger partial charge in [-0.25, -0.2) is 0 Å². The largest absolute Gasteiger partial charge is 0.376 e. The number of pyridine rings is 2. The minimum Gasteiger partial charge on any atom is -0.376 e. The van der Waals surface area contributed by atoms with Crippen molar-refractivity contribution >= 4 is 22.9 Å². The second-order valence-electron chi connectivity index (χ2n) is 12.0. The number of hydrogen-bond donors (Lipinski definition) is 0. The van der Waals surface area contributed by atoms with Gasteiger partial charge >= 0.3 is 0 Å². The van der Waals surface area contributed by atoms with Crippen LogP contribution in [0.5, 0.6) is 0 Å². The normalized spacial score (nSPS) is 16.4. The zero-order chi connectivity index (χ0) is 31.1. The van der Waals surface area contributed by atoms with E-state index in [0.29, 0.717) is 11.4 Å². The molecule has 1 fully saturated rings. The van der Waals surface area contributed by atoms with E-state index < -0.39 is 0 Å². The van der Waals surface area contributed by atoms with Crippen LogP contribution < -0.4 is 9.80 Å². The van der Waals surface area contributed by atoms with E-state index >= 15 is 0 Å². The maximum absolute atomic E-state index is 12.8. The number of carbonyl (C=O) groups is 2. The van der Waals surface area contributed by atoms with Gasteiger partial charge in [-0.05, 0) is 67.8 Å². The summed E-state index contributed by atoms with van der Waals surface area (Å²) in [7, 11) is 7.78. The molecular weight excluding hydrogens is 552 g/mol. The van der Waals surface area contributed by atoms with Crippen LogP contribution in [-0.4, -0.2) is 70.1 Å². The van der Waals surface area contributed by atoms with Gasteiger partial charge in [0.15, 0.2) is 0 Å². The molecule has 0 aliphatic heterocycles. The molecule has 0 saturated heterocycles. The molecule has 0 N–H and O–H groups in total. The standard InChI is InChI=1S/C34H40N8O2/c1-41(2)33-10-6-16-35-31(33)21-27(43)19-25-12-14-29(39-37-25)23-8-5-9-24(18-23)30-15-13-26(38-40-30)20-28(44)22-32-34(42(3)4)11-7-17-36-32/h6-7,10-17,23-24H,5,8-9,18-22H2,1-4H3/t23-,24-/m0/s1. The first kappa shape index (κ1) is 30.8. The summed E-state index contributed by atoms with van der Waals surface area (Å²) in [4.78, 5) is 38.3. The number of Topliss-reactive ketones (excluding diaryl/α,β-unsaturated/α-hetero) is 2. The zero-order valence-corrected chi connectivity index (χ0v) is 26.0. The van der Waals surface area contributed by atoms with Crippen molar-refractivity contribution in [2.24, 2.45) is 0 Å². The van der Waals surface area contributed by atoms with E-state index in [9.17, 15) is 9.59 Å². The van der Waals surface area contributed by atoms with E-state index in [1.54, 1.807) is 12.4 Å². The van der Waals surface area contributed by atoms with Gasteiger partial charge in [-0.15, -0.1) is 0 Å². The lowest BCUT2D eigenvalue weighted by atomic mass is 9.78. The molecule has 228 valence electrons. The summed E-state index contributed by atoms with van der Waals surface area (Å²) in [6.45, 7) is 0. The molecule has 0 aromatic carbocycles. The molecule has 5 rings (SSSR count). The third kappa shape index (κ3) is 7.86. The number of anilines is 2. The van der Waals surface area contributed by atoms with Gasteiger partial charge in [0.2, 0.25) is 0 Å². The molecule has 44 heavy (non-hydrogen) atoms. The highest BCUT2D eigenvalue weighted by Crippen LogP contribution is 2.39. The van der Waals surface area contributed by atoms with Crippen LogP contribution in [-0.2, 0) is 35.3 Å². The topological polar surface area (TPSA) is 118 Å². The first-order valence-corrected chi connectivity index (χ1v) is 15.2. The van der Waals surface area contributed by atoms with Crippen molar-refractivity contribution in [2.75, 3.05) is 38.0 Å². The molecule has 0 radical (unpaired) electrons. The molecule has 0 bridgehead atoms.